The van der Waals surface area contributed by atoms with Crippen LogP contribution in [0.15, 0.2) is 24.3 Å². The average Bonchev–Trinajstić information content (AvgIpc) is 2.65. The summed E-state index contributed by atoms with van der Waals surface area (Å²) in [5.74, 6) is 0.655. The Kier molecular flexibility index (Phi) is 7.63. The molecule has 1 aliphatic rings. The van der Waals surface area contributed by atoms with Crippen LogP contribution in [0.25, 0.3) is 0 Å². The van der Waals surface area contributed by atoms with E-state index in [9.17, 15) is 14.4 Å². The molecular formula is C20H28N2O4. The van der Waals surface area contributed by atoms with E-state index in [1.165, 1.54) is 6.92 Å². The summed E-state index contributed by atoms with van der Waals surface area (Å²) in [4.78, 5) is 36.9. The van der Waals surface area contributed by atoms with E-state index in [0.717, 1.165) is 30.6 Å². The number of hydrogen-bond donors (Lipinski definition) is 1. The van der Waals surface area contributed by atoms with E-state index in [2.05, 4.69) is 12.2 Å². The first kappa shape index (κ1) is 19.9. The molecule has 0 saturated carbocycles. The molecule has 142 valence electrons. The SMILES string of the molecule is CCc1ccccc1OCC(=O)N1CCC(NC(=O)CCC(C)=O)CC1. The van der Waals surface area contributed by atoms with Crippen LogP contribution in [0.1, 0.15) is 45.1 Å². The summed E-state index contributed by atoms with van der Waals surface area (Å²) in [5, 5.41) is 2.95. The fourth-order valence-corrected chi connectivity index (χ4v) is 3.03. The van der Waals surface area contributed by atoms with E-state index < -0.39 is 0 Å². The number of piperidine rings is 1. The lowest BCUT2D eigenvalue weighted by atomic mass is 10.0. The predicted octanol–water partition coefficient (Wildman–Crippen LogP) is 2.10. The molecule has 0 aromatic heterocycles. The molecule has 2 amide bonds. The van der Waals surface area contributed by atoms with Crippen LogP contribution < -0.4 is 10.1 Å². The highest BCUT2D eigenvalue weighted by Gasteiger charge is 2.24. The first-order chi connectivity index (χ1) is 12.5. The average molecular weight is 360 g/mol. The van der Waals surface area contributed by atoms with Gasteiger partial charge in [-0.15, -0.1) is 0 Å². The van der Waals surface area contributed by atoms with Crippen molar-refractivity contribution in [2.24, 2.45) is 0 Å². The number of nitrogens with one attached hydrogen (secondary N) is 1. The number of ketones is 1. The standard InChI is InChI=1S/C20H28N2O4/c1-3-16-6-4-5-7-18(16)26-14-20(25)22-12-10-17(11-13-22)21-19(24)9-8-15(2)23/h4-7,17H,3,8-14H2,1-2H3,(H,21,24). The molecule has 0 unspecified atom stereocenters. The summed E-state index contributed by atoms with van der Waals surface area (Å²) in [5.41, 5.74) is 1.09. The number of Topliss-reactive ketones (excluding diaryl/α,β-unsaturated/α-hetero) is 1. The Morgan fingerprint density at radius 2 is 1.85 bits per heavy atom. The van der Waals surface area contributed by atoms with Crippen LogP contribution in [0, 0.1) is 0 Å². The van der Waals surface area contributed by atoms with Crippen LogP contribution in [0.2, 0.25) is 0 Å². The number of amides is 2. The van der Waals surface area contributed by atoms with Gasteiger partial charge in [-0.2, -0.15) is 0 Å². The lowest BCUT2D eigenvalue weighted by Gasteiger charge is -2.32. The van der Waals surface area contributed by atoms with Gasteiger partial charge < -0.3 is 19.7 Å². The minimum absolute atomic E-state index is 0.0187. The van der Waals surface area contributed by atoms with Gasteiger partial charge in [-0.25, -0.2) is 0 Å². The number of aryl methyl sites for hydroxylation is 1. The molecule has 1 N–H and O–H groups in total. The molecule has 0 atom stereocenters. The van der Waals surface area contributed by atoms with Gasteiger partial charge in [-0.1, -0.05) is 25.1 Å². The summed E-state index contributed by atoms with van der Waals surface area (Å²) in [7, 11) is 0. The Morgan fingerprint density at radius 1 is 1.15 bits per heavy atom. The molecule has 0 spiro atoms. The van der Waals surface area contributed by atoms with Gasteiger partial charge in [-0.3, -0.25) is 9.59 Å². The second kappa shape index (κ2) is 9.94. The number of nitrogens with zero attached hydrogens (tertiary/aromatic N) is 1. The van der Waals surface area contributed by atoms with E-state index in [4.69, 9.17) is 4.74 Å². The van der Waals surface area contributed by atoms with Crippen molar-refractivity contribution in [1.29, 1.82) is 0 Å². The van der Waals surface area contributed by atoms with E-state index in [-0.39, 0.29) is 43.1 Å². The van der Waals surface area contributed by atoms with E-state index >= 15 is 0 Å². The molecule has 1 heterocycles. The van der Waals surface area contributed by atoms with Crippen LogP contribution >= 0.6 is 0 Å². The Bertz CT molecular complexity index is 636. The number of rotatable bonds is 8. The third-order valence-corrected chi connectivity index (χ3v) is 4.62. The summed E-state index contributed by atoms with van der Waals surface area (Å²) in [6.45, 7) is 4.79. The Hall–Kier alpha value is -2.37. The molecular weight excluding hydrogens is 332 g/mol. The molecule has 2 rings (SSSR count). The zero-order valence-electron chi connectivity index (χ0n) is 15.6. The topological polar surface area (TPSA) is 75.7 Å². The second-order valence-corrected chi connectivity index (χ2v) is 6.67. The highest BCUT2D eigenvalue weighted by Crippen LogP contribution is 2.18. The van der Waals surface area contributed by atoms with E-state index in [0.29, 0.717) is 13.1 Å². The summed E-state index contributed by atoms with van der Waals surface area (Å²) in [6.07, 6.45) is 2.82. The Morgan fingerprint density at radius 3 is 2.50 bits per heavy atom. The van der Waals surface area contributed by atoms with E-state index in [1.54, 1.807) is 4.90 Å². The maximum Gasteiger partial charge on any atom is 0.260 e. The number of benzene rings is 1. The van der Waals surface area contributed by atoms with Crippen molar-refractivity contribution >= 4 is 17.6 Å². The third kappa shape index (κ3) is 6.17. The van der Waals surface area contributed by atoms with Crippen molar-refractivity contribution in [1.82, 2.24) is 10.2 Å². The molecule has 26 heavy (non-hydrogen) atoms. The van der Waals surface area contributed by atoms with Gasteiger partial charge in [0.15, 0.2) is 6.61 Å². The highest BCUT2D eigenvalue weighted by atomic mass is 16.5. The molecule has 6 heteroatoms. The van der Waals surface area contributed by atoms with Crippen LogP contribution in [0.3, 0.4) is 0 Å². The van der Waals surface area contributed by atoms with Crippen LogP contribution in [0.4, 0.5) is 0 Å². The van der Waals surface area contributed by atoms with Crippen molar-refractivity contribution in [3.63, 3.8) is 0 Å². The normalized spacial score (nSPS) is 14.8. The van der Waals surface area contributed by atoms with Gasteiger partial charge in [0.2, 0.25) is 5.91 Å². The zero-order valence-corrected chi connectivity index (χ0v) is 15.6. The molecule has 1 aromatic carbocycles. The zero-order chi connectivity index (χ0) is 18.9. The number of ether oxygens (including phenoxy) is 1. The summed E-state index contributed by atoms with van der Waals surface area (Å²) in [6, 6.07) is 7.82. The van der Waals surface area contributed by atoms with Gasteiger partial charge >= 0.3 is 0 Å². The summed E-state index contributed by atoms with van der Waals surface area (Å²) < 4.78 is 5.70. The molecule has 1 aliphatic heterocycles. The summed E-state index contributed by atoms with van der Waals surface area (Å²) >= 11 is 0. The number of carbonyl (C=O) groups excluding carboxylic acids is 3. The first-order valence-electron chi connectivity index (χ1n) is 9.27. The van der Waals surface area contributed by atoms with Crippen LogP contribution in [-0.2, 0) is 20.8 Å². The molecule has 6 nitrogen and oxygen atoms in total. The van der Waals surface area contributed by atoms with Crippen LogP contribution in [-0.4, -0.2) is 48.2 Å². The third-order valence-electron chi connectivity index (χ3n) is 4.62. The van der Waals surface area contributed by atoms with Gasteiger partial charge in [0.1, 0.15) is 11.5 Å². The minimum atomic E-state index is -0.0931. The Balaban J connectivity index is 1.72. The molecule has 0 bridgehead atoms. The maximum absolute atomic E-state index is 12.4. The second-order valence-electron chi connectivity index (χ2n) is 6.67. The molecule has 1 fully saturated rings. The monoisotopic (exact) mass is 360 g/mol. The highest BCUT2D eigenvalue weighted by molar-refractivity contribution is 5.83. The van der Waals surface area contributed by atoms with Crippen molar-refractivity contribution in [2.45, 2.75) is 52.0 Å². The van der Waals surface area contributed by atoms with Gasteiger partial charge in [0.25, 0.3) is 5.91 Å². The maximum atomic E-state index is 12.4. The van der Waals surface area contributed by atoms with Crippen LogP contribution in [0.5, 0.6) is 5.75 Å². The fraction of sp³-hybridized carbons (Fsp3) is 0.550. The van der Waals surface area contributed by atoms with Crippen molar-refractivity contribution in [3.8, 4) is 5.75 Å². The minimum Gasteiger partial charge on any atom is -0.483 e. The lowest BCUT2D eigenvalue weighted by Crippen LogP contribution is -2.47. The first-order valence-corrected chi connectivity index (χ1v) is 9.27. The smallest absolute Gasteiger partial charge is 0.260 e. The molecule has 1 aromatic rings. The fourth-order valence-electron chi connectivity index (χ4n) is 3.03. The number of carbonyl (C=O) groups is 3. The van der Waals surface area contributed by atoms with Crippen molar-refractivity contribution in [3.05, 3.63) is 29.8 Å². The number of likely N-dealkylation sites (tertiary alicyclic amines) is 1. The van der Waals surface area contributed by atoms with E-state index in [1.807, 2.05) is 24.3 Å². The van der Waals surface area contributed by atoms with Gasteiger partial charge in [-0.05, 0) is 37.8 Å². The molecule has 0 radical (unpaired) electrons. The largest absolute Gasteiger partial charge is 0.483 e. The van der Waals surface area contributed by atoms with Crippen molar-refractivity contribution in [2.75, 3.05) is 19.7 Å². The number of para-hydroxylation sites is 1. The lowest BCUT2D eigenvalue weighted by molar-refractivity contribution is -0.134. The Labute approximate surface area is 154 Å². The predicted molar refractivity (Wildman–Crippen MR) is 99.0 cm³/mol. The molecule has 1 saturated heterocycles. The quantitative estimate of drug-likeness (QED) is 0.770. The van der Waals surface area contributed by atoms with Crippen molar-refractivity contribution < 1.29 is 19.1 Å². The molecule has 0 aliphatic carbocycles. The van der Waals surface area contributed by atoms with Gasteiger partial charge in [0, 0.05) is 32.0 Å². The number of hydrogen-bond acceptors (Lipinski definition) is 4. The van der Waals surface area contributed by atoms with Gasteiger partial charge in [0.05, 0.1) is 0 Å².